The Hall–Kier alpha value is 0. The average Bonchev–Trinajstić information content (AvgIpc) is 2.03. The lowest BCUT2D eigenvalue weighted by atomic mass is 9.65. The molecule has 0 nitrogen and oxygen atoms in total. The van der Waals surface area contributed by atoms with Crippen LogP contribution >= 0.6 is 0 Å². The van der Waals surface area contributed by atoms with Gasteiger partial charge in [0.15, 0.2) is 0 Å². The Labute approximate surface area is 70.4 Å². The monoisotopic (exact) mass is 152 g/mol. The zero-order chi connectivity index (χ0) is 8.11. The minimum absolute atomic E-state index is 0.647. The Morgan fingerprint density at radius 2 is 1.82 bits per heavy atom. The van der Waals surface area contributed by atoms with Crippen molar-refractivity contribution in [2.75, 3.05) is 0 Å². The van der Waals surface area contributed by atoms with E-state index in [0.717, 1.165) is 11.3 Å². The van der Waals surface area contributed by atoms with E-state index < -0.39 is 0 Å². The molecule has 2 saturated carbocycles. The first kappa shape index (κ1) is 7.64. The van der Waals surface area contributed by atoms with Crippen LogP contribution in [0.25, 0.3) is 0 Å². The summed E-state index contributed by atoms with van der Waals surface area (Å²) in [7, 11) is 0. The van der Waals surface area contributed by atoms with Gasteiger partial charge in [-0.25, -0.2) is 0 Å². The molecule has 2 unspecified atom stereocenters. The summed E-state index contributed by atoms with van der Waals surface area (Å²) in [4.78, 5) is 0. The molecule has 0 heterocycles. The first-order chi connectivity index (χ1) is 4.99. The van der Waals surface area contributed by atoms with Gasteiger partial charge in [-0.15, -0.1) is 0 Å². The summed E-state index contributed by atoms with van der Waals surface area (Å²) in [6, 6.07) is 0. The van der Waals surface area contributed by atoms with Crippen LogP contribution in [0.5, 0.6) is 0 Å². The highest BCUT2D eigenvalue weighted by atomic mass is 14.5. The summed E-state index contributed by atoms with van der Waals surface area (Å²) in [6.07, 6.45) is 7.50. The van der Waals surface area contributed by atoms with Crippen LogP contribution in [0.2, 0.25) is 0 Å². The molecule has 0 aliphatic heterocycles. The van der Waals surface area contributed by atoms with Crippen molar-refractivity contribution in [3.05, 3.63) is 0 Å². The highest BCUT2D eigenvalue weighted by Gasteiger charge is 2.45. The smallest absolute Gasteiger partial charge is 0.0318 e. The van der Waals surface area contributed by atoms with Crippen molar-refractivity contribution in [1.82, 2.24) is 0 Å². The lowest BCUT2D eigenvalue weighted by Crippen LogP contribution is -2.29. The normalized spacial score (nSPS) is 47.7. The van der Waals surface area contributed by atoms with Crippen molar-refractivity contribution in [2.24, 2.45) is 16.7 Å². The third-order valence-corrected chi connectivity index (χ3v) is 3.68. The van der Waals surface area contributed by atoms with Crippen molar-refractivity contribution in [1.29, 1.82) is 0 Å². The van der Waals surface area contributed by atoms with Gasteiger partial charge in [-0.2, -0.15) is 0 Å². The zero-order valence-electron chi connectivity index (χ0n) is 8.11. The van der Waals surface area contributed by atoms with Gasteiger partial charge in [0.25, 0.3) is 0 Å². The molecule has 0 saturated heterocycles. The summed E-state index contributed by atoms with van der Waals surface area (Å²) < 4.78 is 0. The summed E-state index contributed by atoms with van der Waals surface area (Å²) >= 11 is 0. The second-order valence-corrected chi connectivity index (χ2v) is 5.96. The molecule has 0 spiro atoms. The number of hydrogen-bond donors (Lipinski definition) is 0. The van der Waals surface area contributed by atoms with Gasteiger partial charge in [0.1, 0.15) is 0 Å². The van der Waals surface area contributed by atoms with E-state index in [1.165, 1.54) is 32.1 Å². The fourth-order valence-electron chi connectivity index (χ4n) is 3.80. The second-order valence-electron chi connectivity index (χ2n) is 5.96. The Kier molecular flexibility index (Phi) is 1.41. The molecular formula is C11H20. The topological polar surface area (TPSA) is 0 Å². The first-order valence-electron chi connectivity index (χ1n) is 4.99. The van der Waals surface area contributed by atoms with E-state index >= 15 is 0 Å². The number of rotatable bonds is 0. The largest absolute Gasteiger partial charge is 0.0599 e. The van der Waals surface area contributed by atoms with Crippen LogP contribution in [0, 0.1) is 16.7 Å². The van der Waals surface area contributed by atoms with Crippen LogP contribution < -0.4 is 0 Å². The number of hydrogen-bond acceptors (Lipinski definition) is 0. The Bertz CT molecular complexity index is 169. The molecule has 0 aromatic heterocycles. The first-order valence-corrected chi connectivity index (χ1v) is 4.99. The van der Waals surface area contributed by atoms with E-state index in [2.05, 4.69) is 20.8 Å². The van der Waals surface area contributed by atoms with Crippen molar-refractivity contribution in [2.45, 2.75) is 52.9 Å². The molecule has 2 aliphatic rings. The fourth-order valence-corrected chi connectivity index (χ4v) is 3.80. The maximum atomic E-state index is 2.49. The van der Waals surface area contributed by atoms with Crippen LogP contribution in [0.4, 0.5) is 0 Å². The molecule has 11 heavy (non-hydrogen) atoms. The third-order valence-electron chi connectivity index (χ3n) is 3.68. The Balaban J connectivity index is 2.19. The van der Waals surface area contributed by atoms with Gasteiger partial charge >= 0.3 is 0 Å². The van der Waals surface area contributed by atoms with E-state index in [1.807, 2.05) is 0 Å². The Morgan fingerprint density at radius 3 is 2.45 bits per heavy atom. The molecule has 0 amide bonds. The zero-order valence-corrected chi connectivity index (χ0v) is 8.11. The molecule has 0 radical (unpaired) electrons. The van der Waals surface area contributed by atoms with Gasteiger partial charge in [0, 0.05) is 0 Å². The predicted molar refractivity (Wildman–Crippen MR) is 48.5 cm³/mol. The summed E-state index contributed by atoms with van der Waals surface area (Å²) in [5.41, 5.74) is 1.38. The van der Waals surface area contributed by atoms with E-state index in [1.54, 1.807) is 0 Å². The SMILES string of the molecule is CC1(C)CC2CCC(C)(C2)C1. The van der Waals surface area contributed by atoms with E-state index in [9.17, 15) is 0 Å². The maximum absolute atomic E-state index is 2.49. The van der Waals surface area contributed by atoms with Crippen molar-refractivity contribution in [3.63, 3.8) is 0 Å². The quantitative estimate of drug-likeness (QED) is 0.497. The molecule has 0 N–H and O–H groups in total. The van der Waals surface area contributed by atoms with Crippen LogP contribution in [0.3, 0.4) is 0 Å². The van der Waals surface area contributed by atoms with Gasteiger partial charge in [-0.3, -0.25) is 0 Å². The lowest BCUT2D eigenvalue weighted by molar-refractivity contribution is 0.108. The van der Waals surface area contributed by atoms with Crippen LogP contribution in [-0.4, -0.2) is 0 Å². The van der Waals surface area contributed by atoms with E-state index in [0.29, 0.717) is 5.41 Å². The molecule has 2 atom stereocenters. The van der Waals surface area contributed by atoms with E-state index in [-0.39, 0.29) is 0 Å². The standard InChI is InChI=1S/C11H20/c1-10(2)6-9-4-5-11(3,7-9)8-10/h9H,4-8H2,1-3H3. The maximum Gasteiger partial charge on any atom is -0.0318 e. The van der Waals surface area contributed by atoms with E-state index in [4.69, 9.17) is 0 Å². The van der Waals surface area contributed by atoms with Gasteiger partial charge in [-0.05, 0) is 48.9 Å². The van der Waals surface area contributed by atoms with Crippen molar-refractivity contribution in [3.8, 4) is 0 Å². The second kappa shape index (κ2) is 2.02. The van der Waals surface area contributed by atoms with Gasteiger partial charge in [0.2, 0.25) is 0 Å². The average molecular weight is 152 g/mol. The third kappa shape index (κ3) is 1.32. The minimum Gasteiger partial charge on any atom is -0.0599 e. The predicted octanol–water partition coefficient (Wildman–Crippen LogP) is 3.61. The summed E-state index contributed by atoms with van der Waals surface area (Å²) in [6.45, 7) is 7.39. The van der Waals surface area contributed by atoms with Crippen molar-refractivity contribution < 1.29 is 0 Å². The molecule has 64 valence electrons. The number of fused-ring (bicyclic) bond motifs is 2. The molecule has 2 fully saturated rings. The molecule has 0 heteroatoms. The van der Waals surface area contributed by atoms with Crippen LogP contribution in [0.15, 0.2) is 0 Å². The van der Waals surface area contributed by atoms with Crippen LogP contribution in [-0.2, 0) is 0 Å². The molecule has 0 aromatic carbocycles. The highest BCUT2D eigenvalue weighted by Crippen LogP contribution is 2.57. The van der Waals surface area contributed by atoms with Crippen molar-refractivity contribution >= 4 is 0 Å². The van der Waals surface area contributed by atoms with Crippen LogP contribution in [0.1, 0.15) is 52.9 Å². The molecule has 2 rings (SSSR count). The molecular weight excluding hydrogens is 132 g/mol. The lowest BCUT2D eigenvalue weighted by Gasteiger charge is -2.40. The van der Waals surface area contributed by atoms with Gasteiger partial charge < -0.3 is 0 Å². The fraction of sp³-hybridized carbons (Fsp3) is 1.00. The summed E-state index contributed by atoms with van der Waals surface area (Å²) in [5.74, 6) is 1.07. The molecule has 2 bridgehead atoms. The van der Waals surface area contributed by atoms with Gasteiger partial charge in [-0.1, -0.05) is 20.8 Å². The Morgan fingerprint density at radius 1 is 1.09 bits per heavy atom. The highest BCUT2D eigenvalue weighted by molar-refractivity contribution is 4.96. The minimum atomic E-state index is 0.647. The molecule has 2 aliphatic carbocycles. The summed E-state index contributed by atoms with van der Waals surface area (Å²) in [5, 5.41) is 0. The van der Waals surface area contributed by atoms with Gasteiger partial charge in [0.05, 0.1) is 0 Å². The molecule has 0 aromatic rings.